The van der Waals surface area contributed by atoms with Gasteiger partial charge in [0.05, 0.1) is 0 Å². The van der Waals surface area contributed by atoms with Gasteiger partial charge in [-0.15, -0.1) is 0 Å². The molecule has 0 aliphatic heterocycles. The van der Waals surface area contributed by atoms with Gasteiger partial charge in [-0.05, 0) is 45.0 Å². The third-order valence-electron chi connectivity index (χ3n) is 3.22. The minimum absolute atomic E-state index is 0.0440. The Balaban J connectivity index is 2.64. The zero-order valence-electron chi connectivity index (χ0n) is 12.4. The van der Waals surface area contributed by atoms with Gasteiger partial charge in [0.2, 0.25) is 0 Å². The maximum Gasteiger partial charge on any atom is 0.321 e. The first-order chi connectivity index (χ1) is 9.12. The number of hydrogen-bond acceptors (Lipinski definition) is 2. The van der Waals surface area contributed by atoms with Crippen LogP contribution in [0.2, 0.25) is 0 Å². The maximum absolute atomic E-state index is 11.9. The summed E-state index contributed by atoms with van der Waals surface area (Å²) in [6, 6.07) is 8.28. The number of nitrogens with zero attached hydrogens (tertiary/aromatic N) is 1. The molecule has 1 unspecified atom stereocenters. The van der Waals surface area contributed by atoms with Gasteiger partial charge in [0.15, 0.2) is 0 Å². The highest BCUT2D eigenvalue weighted by Gasteiger charge is 2.09. The molecule has 1 aromatic carbocycles. The van der Waals surface area contributed by atoms with Crippen LogP contribution in [0.5, 0.6) is 0 Å². The van der Waals surface area contributed by atoms with E-state index in [2.05, 4.69) is 24.5 Å². The summed E-state index contributed by atoms with van der Waals surface area (Å²) in [7, 11) is 0. The van der Waals surface area contributed by atoms with Crippen molar-refractivity contribution < 1.29 is 4.79 Å². The number of amides is 2. The van der Waals surface area contributed by atoms with Gasteiger partial charge >= 0.3 is 6.03 Å². The molecule has 0 aliphatic rings. The number of nitrogens with one attached hydrogen (secondary N) is 2. The molecule has 0 radical (unpaired) electrons. The fraction of sp³-hybridized carbons (Fsp3) is 0.533. The van der Waals surface area contributed by atoms with Crippen LogP contribution in [0.25, 0.3) is 0 Å². The highest BCUT2D eigenvalue weighted by Crippen LogP contribution is 2.16. The van der Waals surface area contributed by atoms with Crippen molar-refractivity contribution in [2.24, 2.45) is 0 Å². The van der Waals surface area contributed by atoms with Gasteiger partial charge in [0.25, 0.3) is 0 Å². The van der Waals surface area contributed by atoms with Crippen LogP contribution in [0.1, 0.15) is 39.3 Å². The third-order valence-corrected chi connectivity index (χ3v) is 3.22. The summed E-state index contributed by atoms with van der Waals surface area (Å²) in [6.45, 7) is 10.6. The van der Waals surface area contributed by atoms with Crippen LogP contribution >= 0.6 is 0 Å². The molecular formula is C15H25N3O. The fourth-order valence-corrected chi connectivity index (χ4v) is 1.99. The van der Waals surface area contributed by atoms with E-state index in [9.17, 15) is 4.79 Å². The second-order valence-electron chi connectivity index (χ2n) is 4.50. The van der Waals surface area contributed by atoms with E-state index in [4.69, 9.17) is 0 Å². The third kappa shape index (κ3) is 4.56. The van der Waals surface area contributed by atoms with Crippen molar-refractivity contribution in [1.82, 2.24) is 10.2 Å². The first-order valence-corrected chi connectivity index (χ1v) is 7.01. The van der Waals surface area contributed by atoms with Gasteiger partial charge < -0.3 is 15.5 Å². The number of hydrogen-bond donors (Lipinski definition) is 2. The fourth-order valence-electron chi connectivity index (χ4n) is 1.99. The Kier molecular flexibility index (Phi) is 6.36. The van der Waals surface area contributed by atoms with Gasteiger partial charge in [-0.3, -0.25) is 0 Å². The van der Waals surface area contributed by atoms with Gasteiger partial charge in [-0.25, -0.2) is 4.79 Å². The lowest BCUT2D eigenvalue weighted by molar-refractivity contribution is 0.217. The van der Waals surface area contributed by atoms with Crippen LogP contribution in [-0.4, -0.2) is 30.6 Å². The largest absolute Gasteiger partial charge is 0.325 e. The number of carbonyl (C=O) groups is 1. The van der Waals surface area contributed by atoms with Crippen molar-refractivity contribution in [2.75, 3.05) is 25.0 Å². The zero-order chi connectivity index (χ0) is 14.3. The molecule has 4 nitrogen and oxygen atoms in total. The van der Waals surface area contributed by atoms with Crippen LogP contribution < -0.4 is 10.6 Å². The van der Waals surface area contributed by atoms with Crippen molar-refractivity contribution in [3.63, 3.8) is 0 Å². The van der Waals surface area contributed by atoms with Gasteiger partial charge in [0.1, 0.15) is 0 Å². The number of rotatable bonds is 6. The molecule has 0 spiro atoms. The molecule has 2 N–H and O–H groups in total. The summed E-state index contributed by atoms with van der Waals surface area (Å²) in [5.74, 6) is 0. The topological polar surface area (TPSA) is 44.4 Å². The van der Waals surface area contributed by atoms with Crippen molar-refractivity contribution in [2.45, 2.75) is 33.7 Å². The molecule has 0 saturated heterocycles. The van der Waals surface area contributed by atoms with Crippen LogP contribution in [0.15, 0.2) is 24.3 Å². The van der Waals surface area contributed by atoms with Crippen molar-refractivity contribution in [3.05, 3.63) is 29.8 Å². The summed E-state index contributed by atoms with van der Waals surface area (Å²) in [4.78, 5) is 13.7. The molecule has 0 aliphatic carbocycles. The van der Waals surface area contributed by atoms with Crippen LogP contribution in [0.3, 0.4) is 0 Å². The molecule has 0 aromatic heterocycles. The Morgan fingerprint density at radius 3 is 2.21 bits per heavy atom. The normalized spacial score (nSPS) is 12.0. The van der Waals surface area contributed by atoms with E-state index in [1.54, 1.807) is 4.90 Å². The van der Waals surface area contributed by atoms with Crippen molar-refractivity contribution >= 4 is 11.7 Å². The lowest BCUT2D eigenvalue weighted by Gasteiger charge is -2.19. The molecule has 0 heterocycles. The zero-order valence-corrected chi connectivity index (χ0v) is 12.4. The predicted molar refractivity (Wildman–Crippen MR) is 80.5 cm³/mol. The number of carbonyl (C=O) groups excluding carboxylic acids is 1. The van der Waals surface area contributed by atoms with Gasteiger partial charge in [-0.2, -0.15) is 0 Å². The van der Waals surface area contributed by atoms with Crippen molar-refractivity contribution in [3.8, 4) is 0 Å². The summed E-state index contributed by atoms with van der Waals surface area (Å²) >= 11 is 0. The summed E-state index contributed by atoms with van der Waals surface area (Å²) < 4.78 is 0. The summed E-state index contributed by atoms with van der Waals surface area (Å²) in [6.07, 6.45) is 0. The number of benzene rings is 1. The minimum atomic E-state index is -0.0440. The molecule has 0 bridgehead atoms. The molecule has 1 atom stereocenters. The van der Waals surface area contributed by atoms with E-state index in [1.165, 1.54) is 5.56 Å². The molecular weight excluding hydrogens is 238 g/mol. The highest BCUT2D eigenvalue weighted by atomic mass is 16.2. The van der Waals surface area contributed by atoms with Gasteiger partial charge in [0, 0.05) is 24.8 Å². The lowest BCUT2D eigenvalue weighted by atomic mass is 10.1. The molecule has 1 aromatic rings. The first-order valence-electron chi connectivity index (χ1n) is 7.01. The molecule has 19 heavy (non-hydrogen) atoms. The van der Waals surface area contributed by atoms with E-state index in [1.807, 2.05) is 38.1 Å². The highest BCUT2D eigenvalue weighted by molar-refractivity contribution is 5.89. The Hall–Kier alpha value is -1.55. The lowest BCUT2D eigenvalue weighted by Crippen LogP contribution is -2.34. The Morgan fingerprint density at radius 2 is 1.74 bits per heavy atom. The summed E-state index contributed by atoms with van der Waals surface area (Å²) in [5, 5.41) is 6.27. The molecule has 4 heteroatoms. The first kappa shape index (κ1) is 15.5. The summed E-state index contributed by atoms with van der Waals surface area (Å²) in [5.41, 5.74) is 2.06. The quantitative estimate of drug-likeness (QED) is 0.827. The standard InChI is InChI=1S/C15H25N3O/c1-5-16-12(4)13-8-10-14(11-9-13)17-15(19)18(6-2)7-3/h8-12,16H,5-7H2,1-4H3,(H,17,19). The molecule has 0 fully saturated rings. The Labute approximate surface area is 116 Å². The second-order valence-corrected chi connectivity index (χ2v) is 4.50. The van der Waals surface area contributed by atoms with Gasteiger partial charge in [-0.1, -0.05) is 19.1 Å². The molecule has 2 amide bonds. The van der Waals surface area contributed by atoms with Crippen molar-refractivity contribution in [1.29, 1.82) is 0 Å². The average Bonchev–Trinajstić information content (AvgIpc) is 2.41. The average molecular weight is 263 g/mol. The predicted octanol–water partition coefficient (Wildman–Crippen LogP) is 3.23. The van der Waals surface area contributed by atoms with Crippen LogP contribution in [-0.2, 0) is 0 Å². The van der Waals surface area contributed by atoms with E-state index in [0.717, 1.165) is 25.3 Å². The smallest absolute Gasteiger partial charge is 0.321 e. The van der Waals surface area contributed by atoms with E-state index < -0.39 is 0 Å². The van der Waals surface area contributed by atoms with Crippen LogP contribution in [0, 0.1) is 0 Å². The number of urea groups is 1. The van der Waals surface area contributed by atoms with E-state index >= 15 is 0 Å². The maximum atomic E-state index is 11.9. The van der Waals surface area contributed by atoms with E-state index in [0.29, 0.717) is 6.04 Å². The Bertz CT molecular complexity index is 385. The second kappa shape index (κ2) is 7.79. The SMILES string of the molecule is CCNC(C)c1ccc(NC(=O)N(CC)CC)cc1. The minimum Gasteiger partial charge on any atom is -0.325 e. The Morgan fingerprint density at radius 1 is 1.16 bits per heavy atom. The molecule has 0 saturated carbocycles. The molecule has 106 valence electrons. The monoisotopic (exact) mass is 263 g/mol. The van der Waals surface area contributed by atoms with Crippen LogP contribution in [0.4, 0.5) is 10.5 Å². The van der Waals surface area contributed by atoms with E-state index in [-0.39, 0.29) is 6.03 Å². The molecule has 1 rings (SSSR count). The number of anilines is 1.